The van der Waals surface area contributed by atoms with Crippen LogP contribution in [0.3, 0.4) is 0 Å². The Balaban J connectivity index is 1.91. The number of rotatable bonds is 4. The van der Waals surface area contributed by atoms with Crippen molar-refractivity contribution in [3.63, 3.8) is 0 Å². The molecule has 0 saturated carbocycles. The van der Waals surface area contributed by atoms with Gasteiger partial charge < -0.3 is 15.6 Å². The molecule has 0 aliphatic carbocycles. The number of carbonyl (C=O) groups excluding carboxylic acids is 1. The van der Waals surface area contributed by atoms with E-state index in [9.17, 15) is 4.79 Å². The Bertz CT molecular complexity index is 534. The summed E-state index contributed by atoms with van der Waals surface area (Å²) in [6.45, 7) is 3.18. The van der Waals surface area contributed by atoms with E-state index in [2.05, 4.69) is 10.3 Å². The molecule has 0 bridgehead atoms. The third-order valence-electron chi connectivity index (χ3n) is 2.67. The Morgan fingerprint density at radius 2 is 2.33 bits per heavy atom. The van der Waals surface area contributed by atoms with Gasteiger partial charge in [0.15, 0.2) is 0 Å². The lowest BCUT2D eigenvalue weighted by atomic mass is 10.1. The second-order valence-corrected chi connectivity index (χ2v) is 4.15. The molecule has 2 rings (SSSR count). The summed E-state index contributed by atoms with van der Waals surface area (Å²) in [5, 5.41) is 2.83. The topological polar surface area (TPSA) is 72.9 Å². The average Bonchev–Trinajstić information content (AvgIpc) is 2.81. The van der Waals surface area contributed by atoms with Crippen molar-refractivity contribution in [1.82, 2.24) is 14.9 Å². The summed E-state index contributed by atoms with van der Waals surface area (Å²) in [7, 11) is 0. The average molecular weight is 244 g/mol. The number of amides is 1. The van der Waals surface area contributed by atoms with E-state index in [1.54, 1.807) is 24.7 Å². The molecule has 0 atom stereocenters. The molecule has 5 heteroatoms. The van der Waals surface area contributed by atoms with Crippen LogP contribution in [-0.4, -0.2) is 22.0 Å². The molecule has 0 aliphatic rings. The quantitative estimate of drug-likeness (QED) is 0.794. The van der Waals surface area contributed by atoms with Crippen molar-refractivity contribution in [2.24, 2.45) is 0 Å². The normalized spacial score (nSPS) is 10.3. The zero-order valence-electron chi connectivity index (χ0n) is 10.3. The van der Waals surface area contributed by atoms with Crippen LogP contribution >= 0.6 is 0 Å². The molecule has 0 aliphatic heterocycles. The number of anilines is 1. The van der Waals surface area contributed by atoms with Gasteiger partial charge in [-0.2, -0.15) is 0 Å². The van der Waals surface area contributed by atoms with Crippen LogP contribution in [0.1, 0.15) is 15.9 Å². The molecule has 1 heterocycles. The SMILES string of the molecule is Cc1ccc(C(=O)NCCn2ccnc2)c(N)c1. The van der Waals surface area contributed by atoms with Crippen LogP contribution in [0, 0.1) is 6.92 Å². The third kappa shape index (κ3) is 2.88. The van der Waals surface area contributed by atoms with Gasteiger partial charge in [-0.15, -0.1) is 0 Å². The molecule has 0 radical (unpaired) electrons. The van der Waals surface area contributed by atoms with Crippen LogP contribution < -0.4 is 11.1 Å². The minimum atomic E-state index is -0.146. The van der Waals surface area contributed by atoms with Gasteiger partial charge in [0.2, 0.25) is 0 Å². The van der Waals surface area contributed by atoms with Crippen LogP contribution in [0.25, 0.3) is 0 Å². The number of carbonyl (C=O) groups is 1. The lowest BCUT2D eigenvalue weighted by Crippen LogP contribution is -2.27. The van der Waals surface area contributed by atoms with Gasteiger partial charge in [0, 0.05) is 31.2 Å². The zero-order chi connectivity index (χ0) is 13.0. The fourth-order valence-electron chi connectivity index (χ4n) is 1.70. The Morgan fingerprint density at radius 3 is 3.00 bits per heavy atom. The highest BCUT2D eigenvalue weighted by Gasteiger charge is 2.08. The van der Waals surface area contributed by atoms with Gasteiger partial charge in [0.25, 0.3) is 5.91 Å². The molecule has 0 unspecified atom stereocenters. The molecular weight excluding hydrogens is 228 g/mol. The molecule has 5 nitrogen and oxygen atoms in total. The highest BCUT2D eigenvalue weighted by molar-refractivity contribution is 5.99. The standard InChI is InChI=1S/C13H16N4O/c1-10-2-3-11(12(14)8-10)13(18)16-5-7-17-6-4-15-9-17/h2-4,6,8-9H,5,7,14H2,1H3,(H,16,18). The number of aryl methyl sites for hydroxylation is 1. The van der Waals surface area contributed by atoms with Gasteiger partial charge in [0.05, 0.1) is 11.9 Å². The van der Waals surface area contributed by atoms with Crippen LogP contribution in [0.4, 0.5) is 5.69 Å². The van der Waals surface area contributed by atoms with Crippen LogP contribution in [0.5, 0.6) is 0 Å². The first-order chi connectivity index (χ1) is 8.66. The molecule has 18 heavy (non-hydrogen) atoms. The van der Waals surface area contributed by atoms with E-state index >= 15 is 0 Å². The van der Waals surface area contributed by atoms with E-state index in [-0.39, 0.29) is 5.91 Å². The summed E-state index contributed by atoms with van der Waals surface area (Å²) in [6.07, 6.45) is 5.28. The van der Waals surface area contributed by atoms with Crippen molar-refractivity contribution in [3.05, 3.63) is 48.0 Å². The van der Waals surface area contributed by atoms with E-state index < -0.39 is 0 Å². The molecule has 94 valence electrons. The maximum Gasteiger partial charge on any atom is 0.253 e. The highest BCUT2D eigenvalue weighted by atomic mass is 16.1. The fourth-order valence-corrected chi connectivity index (χ4v) is 1.70. The van der Waals surface area contributed by atoms with E-state index in [0.717, 1.165) is 5.56 Å². The van der Waals surface area contributed by atoms with E-state index in [4.69, 9.17) is 5.73 Å². The minimum absolute atomic E-state index is 0.146. The summed E-state index contributed by atoms with van der Waals surface area (Å²) in [6, 6.07) is 5.42. The number of nitrogens with zero attached hydrogens (tertiary/aromatic N) is 2. The lowest BCUT2D eigenvalue weighted by Gasteiger charge is -2.08. The van der Waals surface area contributed by atoms with Crippen molar-refractivity contribution in [1.29, 1.82) is 0 Å². The van der Waals surface area contributed by atoms with Crippen molar-refractivity contribution in [2.75, 3.05) is 12.3 Å². The Kier molecular flexibility index (Phi) is 3.62. The largest absolute Gasteiger partial charge is 0.398 e. The maximum absolute atomic E-state index is 11.9. The molecule has 0 saturated heterocycles. The Morgan fingerprint density at radius 1 is 1.50 bits per heavy atom. The zero-order valence-corrected chi connectivity index (χ0v) is 10.3. The van der Waals surface area contributed by atoms with Crippen LogP contribution in [-0.2, 0) is 6.54 Å². The van der Waals surface area contributed by atoms with Gasteiger partial charge >= 0.3 is 0 Å². The molecule has 1 aromatic carbocycles. The van der Waals surface area contributed by atoms with E-state index in [1.165, 1.54) is 0 Å². The van der Waals surface area contributed by atoms with Crippen molar-refractivity contribution < 1.29 is 4.79 Å². The minimum Gasteiger partial charge on any atom is -0.398 e. The second kappa shape index (κ2) is 5.35. The molecule has 0 spiro atoms. The number of benzene rings is 1. The number of nitrogen functional groups attached to an aromatic ring is 1. The maximum atomic E-state index is 11.9. The number of nitrogens with one attached hydrogen (secondary N) is 1. The highest BCUT2D eigenvalue weighted by Crippen LogP contribution is 2.13. The summed E-state index contributed by atoms with van der Waals surface area (Å²) in [4.78, 5) is 15.8. The molecule has 0 fully saturated rings. The fraction of sp³-hybridized carbons (Fsp3) is 0.231. The van der Waals surface area contributed by atoms with Gasteiger partial charge in [-0.25, -0.2) is 4.98 Å². The first kappa shape index (κ1) is 12.2. The molecule has 1 aromatic heterocycles. The molecule has 2 aromatic rings. The predicted molar refractivity (Wildman–Crippen MR) is 70.2 cm³/mol. The van der Waals surface area contributed by atoms with Crippen LogP contribution in [0.15, 0.2) is 36.9 Å². The Labute approximate surface area is 106 Å². The Hall–Kier alpha value is -2.30. The first-order valence-electron chi connectivity index (χ1n) is 5.77. The van der Waals surface area contributed by atoms with E-state index in [1.807, 2.05) is 23.8 Å². The number of imidazole rings is 1. The van der Waals surface area contributed by atoms with Crippen molar-refractivity contribution in [3.8, 4) is 0 Å². The summed E-state index contributed by atoms with van der Waals surface area (Å²) >= 11 is 0. The van der Waals surface area contributed by atoms with Gasteiger partial charge in [-0.05, 0) is 24.6 Å². The smallest absolute Gasteiger partial charge is 0.253 e. The lowest BCUT2D eigenvalue weighted by molar-refractivity contribution is 0.0953. The summed E-state index contributed by atoms with van der Waals surface area (Å²) < 4.78 is 1.90. The first-order valence-corrected chi connectivity index (χ1v) is 5.77. The van der Waals surface area contributed by atoms with Crippen molar-refractivity contribution in [2.45, 2.75) is 13.5 Å². The number of hydrogen-bond donors (Lipinski definition) is 2. The van der Waals surface area contributed by atoms with Gasteiger partial charge in [-0.1, -0.05) is 6.07 Å². The van der Waals surface area contributed by atoms with E-state index in [0.29, 0.717) is 24.3 Å². The molecule has 1 amide bonds. The molecule has 3 N–H and O–H groups in total. The number of hydrogen-bond acceptors (Lipinski definition) is 3. The van der Waals surface area contributed by atoms with Gasteiger partial charge in [0.1, 0.15) is 0 Å². The van der Waals surface area contributed by atoms with Gasteiger partial charge in [-0.3, -0.25) is 4.79 Å². The summed E-state index contributed by atoms with van der Waals surface area (Å²) in [5.41, 5.74) is 7.89. The monoisotopic (exact) mass is 244 g/mol. The second-order valence-electron chi connectivity index (χ2n) is 4.15. The summed E-state index contributed by atoms with van der Waals surface area (Å²) in [5.74, 6) is -0.146. The number of nitrogens with two attached hydrogens (primary N) is 1. The number of aromatic nitrogens is 2. The van der Waals surface area contributed by atoms with Crippen molar-refractivity contribution >= 4 is 11.6 Å². The third-order valence-corrected chi connectivity index (χ3v) is 2.67. The predicted octanol–water partition coefficient (Wildman–Crippen LogP) is 1.20. The van der Waals surface area contributed by atoms with Crippen LogP contribution in [0.2, 0.25) is 0 Å². The molecular formula is C13H16N4O.